The van der Waals surface area contributed by atoms with Gasteiger partial charge in [0.05, 0.1) is 6.10 Å². The van der Waals surface area contributed by atoms with Crippen molar-refractivity contribution in [2.45, 2.75) is 39.7 Å². The lowest BCUT2D eigenvalue weighted by Gasteiger charge is -2.15. The van der Waals surface area contributed by atoms with Crippen molar-refractivity contribution < 1.29 is 5.11 Å². The van der Waals surface area contributed by atoms with Crippen molar-refractivity contribution in [2.24, 2.45) is 0 Å². The normalized spacial score (nSPS) is 12.5. The van der Waals surface area contributed by atoms with E-state index < -0.39 is 6.10 Å². The summed E-state index contributed by atoms with van der Waals surface area (Å²) in [5.41, 5.74) is 4.55. The molecule has 0 saturated heterocycles. The third kappa shape index (κ3) is 2.93. The van der Waals surface area contributed by atoms with E-state index >= 15 is 0 Å². The first kappa shape index (κ1) is 12.0. The highest BCUT2D eigenvalue weighted by Gasteiger charge is 2.11. The SMILES string of the molecule is C=C(CC)CC(O)c1cccc(C)c1C. The van der Waals surface area contributed by atoms with Crippen LogP contribution in [-0.2, 0) is 0 Å². The van der Waals surface area contributed by atoms with Crippen LogP contribution in [-0.4, -0.2) is 5.11 Å². The van der Waals surface area contributed by atoms with E-state index in [1.807, 2.05) is 12.1 Å². The van der Waals surface area contributed by atoms with Gasteiger partial charge >= 0.3 is 0 Å². The summed E-state index contributed by atoms with van der Waals surface area (Å²) in [5, 5.41) is 10.1. The number of hydrogen-bond acceptors (Lipinski definition) is 1. The summed E-state index contributed by atoms with van der Waals surface area (Å²) in [6, 6.07) is 6.06. The van der Waals surface area contributed by atoms with Crippen LogP contribution >= 0.6 is 0 Å². The molecule has 82 valence electrons. The summed E-state index contributed by atoms with van der Waals surface area (Å²) >= 11 is 0. The Morgan fingerprint density at radius 1 is 1.40 bits per heavy atom. The van der Waals surface area contributed by atoms with Gasteiger partial charge in [-0.2, -0.15) is 0 Å². The van der Waals surface area contributed by atoms with Crippen LogP contribution in [0.2, 0.25) is 0 Å². The second-order valence-electron chi connectivity index (χ2n) is 4.11. The van der Waals surface area contributed by atoms with E-state index in [1.165, 1.54) is 11.1 Å². The largest absolute Gasteiger partial charge is 0.388 e. The van der Waals surface area contributed by atoms with Gasteiger partial charge in [0, 0.05) is 0 Å². The minimum atomic E-state index is -0.405. The molecule has 1 nitrogen and oxygen atoms in total. The minimum Gasteiger partial charge on any atom is -0.388 e. The van der Waals surface area contributed by atoms with Crippen LogP contribution in [0, 0.1) is 13.8 Å². The highest BCUT2D eigenvalue weighted by atomic mass is 16.3. The predicted molar refractivity (Wildman–Crippen MR) is 64.9 cm³/mol. The van der Waals surface area contributed by atoms with Crippen LogP contribution in [0.1, 0.15) is 42.6 Å². The first-order valence-corrected chi connectivity index (χ1v) is 5.47. The fourth-order valence-electron chi connectivity index (χ4n) is 1.66. The molecule has 15 heavy (non-hydrogen) atoms. The molecule has 1 aromatic rings. The summed E-state index contributed by atoms with van der Waals surface area (Å²) in [6.07, 6.45) is 1.19. The zero-order chi connectivity index (χ0) is 11.4. The number of hydrogen-bond donors (Lipinski definition) is 1. The molecule has 0 fully saturated rings. The molecule has 0 heterocycles. The maximum absolute atomic E-state index is 10.1. The second kappa shape index (κ2) is 5.13. The van der Waals surface area contributed by atoms with E-state index in [0.717, 1.165) is 17.6 Å². The van der Waals surface area contributed by atoms with E-state index in [-0.39, 0.29) is 0 Å². The molecule has 0 radical (unpaired) electrons. The Bertz CT molecular complexity index is 352. The van der Waals surface area contributed by atoms with Crippen LogP contribution in [0.4, 0.5) is 0 Å². The lowest BCUT2D eigenvalue weighted by Crippen LogP contribution is -2.02. The van der Waals surface area contributed by atoms with Crippen molar-refractivity contribution in [3.05, 3.63) is 47.0 Å². The molecule has 1 heteroatoms. The molecule has 1 unspecified atom stereocenters. The van der Waals surface area contributed by atoms with Crippen molar-refractivity contribution >= 4 is 0 Å². The number of aliphatic hydroxyl groups excluding tert-OH is 1. The predicted octanol–water partition coefficient (Wildman–Crippen LogP) is 3.69. The van der Waals surface area contributed by atoms with Crippen LogP contribution in [0.15, 0.2) is 30.4 Å². The van der Waals surface area contributed by atoms with E-state index in [1.54, 1.807) is 0 Å². The van der Waals surface area contributed by atoms with Gasteiger partial charge in [-0.3, -0.25) is 0 Å². The van der Waals surface area contributed by atoms with Gasteiger partial charge in [0.2, 0.25) is 0 Å². The van der Waals surface area contributed by atoms with Gasteiger partial charge in [0.25, 0.3) is 0 Å². The first-order valence-electron chi connectivity index (χ1n) is 5.47. The summed E-state index contributed by atoms with van der Waals surface area (Å²) in [7, 11) is 0. The smallest absolute Gasteiger partial charge is 0.0829 e. The Labute approximate surface area is 92.5 Å². The zero-order valence-electron chi connectivity index (χ0n) is 9.88. The Hall–Kier alpha value is -1.08. The van der Waals surface area contributed by atoms with Gasteiger partial charge in [-0.15, -0.1) is 0 Å². The van der Waals surface area contributed by atoms with E-state index in [4.69, 9.17) is 0 Å². The monoisotopic (exact) mass is 204 g/mol. The van der Waals surface area contributed by atoms with E-state index in [9.17, 15) is 5.11 Å². The molecule has 0 aliphatic carbocycles. The van der Waals surface area contributed by atoms with Gasteiger partial charge in [0.1, 0.15) is 0 Å². The molecule has 1 N–H and O–H groups in total. The summed E-state index contributed by atoms with van der Waals surface area (Å²) in [5.74, 6) is 0. The molecule has 0 saturated carbocycles. The van der Waals surface area contributed by atoms with Gasteiger partial charge in [-0.1, -0.05) is 37.3 Å². The van der Waals surface area contributed by atoms with Crippen molar-refractivity contribution in [3.63, 3.8) is 0 Å². The average Bonchev–Trinajstić information content (AvgIpc) is 2.21. The van der Waals surface area contributed by atoms with E-state index in [0.29, 0.717) is 6.42 Å². The molecule has 1 atom stereocenters. The fourth-order valence-corrected chi connectivity index (χ4v) is 1.66. The maximum atomic E-state index is 10.1. The molecule has 0 aliphatic heterocycles. The van der Waals surface area contributed by atoms with Crippen LogP contribution in [0.5, 0.6) is 0 Å². The minimum absolute atomic E-state index is 0.405. The number of benzene rings is 1. The molecule has 1 aromatic carbocycles. The summed E-state index contributed by atoms with van der Waals surface area (Å²) in [4.78, 5) is 0. The highest BCUT2D eigenvalue weighted by molar-refractivity contribution is 5.35. The molecule has 0 bridgehead atoms. The van der Waals surface area contributed by atoms with Crippen LogP contribution in [0.25, 0.3) is 0 Å². The quantitative estimate of drug-likeness (QED) is 0.741. The third-order valence-electron chi connectivity index (χ3n) is 2.99. The van der Waals surface area contributed by atoms with Crippen LogP contribution < -0.4 is 0 Å². The van der Waals surface area contributed by atoms with E-state index in [2.05, 4.69) is 33.4 Å². The van der Waals surface area contributed by atoms with Crippen molar-refractivity contribution in [1.29, 1.82) is 0 Å². The fraction of sp³-hybridized carbons (Fsp3) is 0.429. The van der Waals surface area contributed by atoms with Crippen molar-refractivity contribution in [3.8, 4) is 0 Å². The molecule has 0 amide bonds. The lowest BCUT2D eigenvalue weighted by molar-refractivity contribution is 0.177. The average molecular weight is 204 g/mol. The standard InChI is InChI=1S/C14H20O/c1-5-10(2)9-14(15)13-8-6-7-11(3)12(13)4/h6-8,14-15H,2,5,9H2,1,3-4H3. The molecule has 0 aromatic heterocycles. The topological polar surface area (TPSA) is 20.2 Å². The zero-order valence-corrected chi connectivity index (χ0v) is 9.88. The van der Waals surface area contributed by atoms with Gasteiger partial charge in [-0.05, 0) is 43.4 Å². The Morgan fingerprint density at radius 2 is 2.07 bits per heavy atom. The number of rotatable bonds is 4. The maximum Gasteiger partial charge on any atom is 0.0829 e. The summed E-state index contributed by atoms with van der Waals surface area (Å²) in [6.45, 7) is 10.1. The number of aryl methyl sites for hydroxylation is 1. The molecular formula is C14H20O. The molecule has 1 rings (SSSR count). The van der Waals surface area contributed by atoms with Gasteiger partial charge in [0.15, 0.2) is 0 Å². The Balaban J connectivity index is 2.86. The van der Waals surface area contributed by atoms with Gasteiger partial charge in [-0.25, -0.2) is 0 Å². The van der Waals surface area contributed by atoms with Gasteiger partial charge < -0.3 is 5.11 Å². The summed E-state index contributed by atoms with van der Waals surface area (Å²) < 4.78 is 0. The first-order chi connectivity index (χ1) is 7.06. The Kier molecular flexibility index (Phi) is 4.10. The van der Waals surface area contributed by atoms with Crippen LogP contribution in [0.3, 0.4) is 0 Å². The Morgan fingerprint density at radius 3 is 2.67 bits per heavy atom. The second-order valence-corrected chi connectivity index (χ2v) is 4.11. The molecule has 0 spiro atoms. The lowest BCUT2D eigenvalue weighted by atomic mass is 9.95. The van der Waals surface area contributed by atoms with Crippen molar-refractivity contribution in [1.82, 2.24) is 0 Å². The molecular weight excluding hydrogens is 184 g/mol. The third-order valence-corrected chi connectivity index (χ3v) is 2.99. The van der Waals surface area contributed by atoms with Crippen molar-refractivity contribution in [2.75, 3.05) is 0 Å². The number of aliphatic hydroxyl groups is 1. The highest BCUT2D eigenvalue weighted by Crippen LogP contribution is 2.25. The molecule has 0 aliphatic rings.